The van der Waals surface area contributed by atoms with E-state index in [1.807, 2.05) is 18.7 Å². The Balaban J connectivity index is 1.61. The highest BCUT2D eigenvalue weighted by Gasteiger charge is 2.33. The fourth-order valence-electron chi connectivity index (χ4n) is 3.15. The Labute approximate surface area is 163 Å². The summed E-state index contributed by atoms with van der Waals surface area (Å²) in [5, 5.41) is 6.44. The second kappa shape index (κ2) is 7.70. The van der Waals surface area contributed by atoms with Gasteiger partial charge < -0.3 is 4.52 Å². The molecule has 27 heavy (non-hydrogen) atoms. The third-order valence-electron chi connectivity index (χ3n) is 4.69. The van der Waals surface area contributed by atoms with E-state index < -0.39 is 16.1 Å². The molecule has 1 atom stereocenters. The van der Waals surface area contributed by atoms with Gasteiger partial charge in [-0.1, -0.05) is 5.16 Å². The van der Waals surface area contributed by atoms with Crippen molar-refractivity contribution in [3.05, 3.63) is 27.6 Å². The van der Waals surface area contributed by atoms with E-state index in [4.69, 9.17) is 4.52 Å². The van der Waals surface area contributed by atoms with Crippen molar-refractivity contribution < 1.29 is 17.7 Å². The van der Waals surface area contributed by atoms with Crippen molar-refractivity contribution in [2.45, 2.75) is 38.6 Å². The molecule has 1 amide bonds. The van der Waals surface area contributed by atoms with E-state index in [1.54, 1.807) is 26.0 Å². The predicted octanol–water partition coefficient (Wildman–Crippen LogP) is 1.99. The first-order valence-corrected chi connectivity index (χ1v) is 11.0. The lowest BCUT2D eigenvalue weighted by atomic mass is 10.2. The number of carbonyl (C=O) groups excluding carboxylic acids is 1. The molecular weight excluding hydrogens is 388 g/mol. The van der Waals surface area contributed by atoms with E-state index in [0.717, 1.165) is 9.75 Å². The number of carbonyl (C=O) groups is 1. The molecule has 1 unspecified atom stereocenters. The van der Waals surface area contributed by atoms with Gasteiger partial charge in [-0.3, -0.25) is 15.0 Å². The smallest absolute Gasteiger partial charge is 0.244 e. The highest BCUT2D eigenvalue weighted by molar-refractivity contribution is 7.89. The van der Waals surface area contributed by atoms with E-state index in [-0.39, 0.29) is 5.91 Å². The van der Waals surface area contributed by atoms with Crippen LogP contribution in [0.25, 0.3) is 0 Å². The Morgan fingerprint density at radius 3 is 2.41 bits per heavy atom. The minimum Gasteiger partial charge on any atom is -0.338 e. The molecule has 2 aromatic rings. The number of sulfonamides is 1. The fraction of sp³-hybridized carbons (Fsp3) is 0.529. The fourth-order valence-corrected chi connectivity index (χ4v) is 6.09. The average Bonchev–Trinajstić information content (AvgIpc) is 3.19. The first-order valence-electron chi connectivity index (χ1n) is 8.74. The van der Waals surface area contributed by atoms with Crippen molar-refractivity contribution in [2.24, 2.45) is 0 Å². The molecule has 10 heteroatoms. The number of aromatic nitrogens is 1. The third kappa shape index (κ3) is 4.23. The molecule has 1 aliphatic rings. The van der Waals surface area contributed by atoms with E-state index in [0.29, 0.717) is 42.7 Å². The Bertz CT molecular complexity index is 927. The van der Waals surface area contributed by atoms with Crippen LogP contribution in [0.4, 0.5) is 5.88 Å². The molecule has 0 bridgehead atoms. The van der Waals surface area contributed by atoms with Crippen LogP contribution in [0.2, 0.25) is 0 Å². The summed E-state index contributed by atoms with van der Waals surface area (Å²) in [5.41, 5.74) is 0.690. The molecule has 3 heterocycles. The maximum absolute atomic E-state index is 12.9. The zero-order valence-corrected chi connectivity index (χ0v) is 17.5. The number of amides is 1. The highest BCUT2D eigenvalue weighted by Crippen LogP contribution is 2.28. The van der Waals surface area contributed by atoms with Gasteiger partial charge >= 0.3 is 0 Å². The maximum atomic E-state index is 12.9. The molecule has 0 spiro atoms. The van der Waals surface area contributed by atoms with Crippen molar-refractivity contribution in [3.8, 4) is 0 Å². The van der Waals surface area contributed by atoms with Crippen LogP contribution in [0.5, 0.6) is 0 Å². The van der Waals surface area contributed by atoms with Gasteiger partial charge in [-0.2, -0.15) is 4.31 Å². The second-order valence-corrected chi connectivity index (χ2v) is 10.1. The number of piperazine rings is 1. The summed E-state index contributed by atoms with van der Waals surface area (Å²) in [7, 11) is -3.49. The molecule has 1 fully saturated rings. The van der Waals surface area contributed by atoms with E-state index >= 15 is 0 Å². The summed E-state index contributed by atoms with van der Waals surface area (Å²) in [4.78, 5) is 16.6. The second-order valence-electron chi connectivity index (χ2n) is 6.72. The number of aryl methyl sites for hydroxylation is 3. The predicted molar refractivity (Wildman–Crippen MR) is 103 cm³/mol. The number of thiophene rings is 1. The largest absolute Gasteiger partial charge is 0.338 e. The van der Waals surface area contributed by atoms with Gasteiger partial charge in [0.05, 0.1) is 16.6 Å². The van der Waals surface area contributed by atoms with Gasteiger partial charge in [-0.25, -0.2) is 8.42 Å². The summed E-state index contributed by atoms with van der Waals surface area (Å²) < 4.78 is 32.3. The Kier molecular flexibility index (Phi) is 5.71. The summed E-state index contributed by atoms with van der Waals surface area (Å²) in [5.74, 6) is 0.112. The summed E-state index contributed by atoms with van der Waals surface area (Å²) in [6.45, 7) is 9.01. The summed E-state index contributed by atoms with van der Waals surface area (Å²) >= 11 is 1.49. The van der Waals surface area contributed by atoms with Crippen LogP contribution in [-0.2, 0) is 14.8 Å². The van der Waals surface area contributed by atoms with Crippen molar-refractivity contribution >= 4 is 33.2 Å². The third-order valence-corrected chi connectivity index (χ3v) is 7.81. The van der Waals surface area contributed by atoms with Crippen LogP contribution in [0, 0.1) is 20.8 Å². The lowest BCUT2D eigenvalue weighted by molar-refractivity contribution is -0.121. The molecular formula is C17H24N4O4S2. The van der Waals surface area contributed by atoms with Crippen molar-refractivity contribution in [1.82, 2.24) is 14.4 Å². The zero-order valence-electron chi connectivity index (χ0n) is 15.9. The molecule has 1 aliphatic heterocycles. The standard InChI is InChI=1S/C17H24N4O4S2/c1-11-9-16(25-19-11)18-17(22)13(3)20-5-7-21(8-6-20)27(23,24)15-10-12(2)26-14(15)4/h9-10,13H,5-8H2,1-4H3,(H,18,22). The lowest BCUT2D eigenvalue weighted by Gasteiger charge is -2.36. The van der Waals surface area contributed by atoms with Crippen LogP contribution in [0.15, 0.2) is 21.6 Å². The maximum Gasteiger partial charge on any atom is 0.244 e. The van der Waals surface area contributed by atoms with Gasteiger partial charge in [0, 0.05) is 42.0 Å². The topological polar surface area (TPSA) is 95.8 Å². The van der Waals surface area contributed by atoms with Gasteiger partial charge in [0.2, 0.25) is 21.8 Å². The van der Waals surface area contributed by atoms with E-state index in [1.165, 1.54) is 15.6 Å². The molecule has 1 saturated heterocycles. The molecule has 2 aromatic heterocycles. The number of anilines is 1. The number of nitrogens with one attached hydrogen (secondary N) is 1. The van der Waals surface area contributed by atoms with Crippen LogP contribution >= 0.6 is 11.3 Å². The first kappa shape index (κ1) is 20.0. The molecule has 8 nitrogen and oxygen atoms in total. The van der Waals surface area contributed by atoms with Gasteiger partial charge in [0.25, 0.3) is 0 Å². The van der Waals surface area contributed by atoms with E-state index in [2.05, 4.69) is 10.5 Å². The van der Waals surface area contributed by atoms with Gasteiger partial charge in [0.1, 0.15) is 0 Å². The first-order chi connectivity index (χ1) is 12.7. The molecule has 0 saturated carbocycles. The number of nitrogens with zero attached hydrogens (tertiary/aromatic N) is 3. The number of hydrogen-bond donors (Lipinski definition) is 1. The van der Waals surface area contributed by atoms with Crippen molar-refractivity contribution in [3.63, 3.8) is 0 Å². The normalized spacial score (nSPS) is 17.8. The van der Waals surface area contributed by atoms with Crippen LogP contribution in [0.1, 0.15) is 22.4 Å². The Morgan fingerprint density at radius 2 is 1.89 bits per heavy atom. The minimum absolute atomic E-state index is 0.202. The Morgan fingerprint density at radius 1 is 1.22 bits per heavy atom. The molecule has 1 N–H and O–H groups in total. The van der Waals surface area contributed by atoms with Crippen LogP contribution < -0.4 is 5.32 Å². The molecule has 3 rings (SSSR count). The molecule has 148 valence electrons. The molecule has 0 aliphatic carbocycles. The summed E-state index contributed by atoms with van der Waals surface area (Å²) in [6, 6.07) is 2.99. The Hall–Kier alpha value is -1.75. The van der Waals surface area contributed by atoms with Gasteiger partial charge in [-0.15, -0.1) is 11.3 Å². The van der Waals surface area contributed by atoms with Gasteiger partial charge in [0.15, 0.2) is 0 Å². The minimum atomic E-state index is -3.49. The van der Waals surface area contributed by atoms with Crippen LogP contribution in [0.3, 0.4) is 0 Å². The lowest BCUT2D eigenvalue weighted by Crippen LogP contribution is -2.53. The van der Waals surface area contributed by atoms with Crippen LogP contribution in [-0.4, -0.2) is 60.9 Å². The molecule has 0 radical (unpaired) electrons. The quantitative estimate of drug-likeness (QED) is 0.807. The number of hydrogen-bond acceptors (Lipinski definition) is 7. The van der Waals surface area contributed by atoms with Crippen molar-refractivity contribution in [1.29, 1.82) is 0 Å². The highest BCUT2D eigenvalue weighted by atomic mass is 32.2. The van der Waals surface area contributed by atoms with E-state index in [9.17, 15) is 13.2 Å². The monoisotopic (exact) mass is 412 g/mol. The average molecular weight is 413 g/mol. The number of rotatable bonds is 5. The van der Waals surface area contributed by atoms with Crippen molar-refractivity contribution in [2.75, 3.05) is 31.5 Å². The summed E-state index contributed by atoms with van der Waals surface area (Å²) in [6.07, 6.45) is 0. The zero-order chi connectivity index (χ0) is 19.8. The van der Waals surface area contributed by atoms with Gasteiger partial charge in [-0.05, 0) is 33.8 Å². The SMILES string of the molecule is Cc1cc(NC(=O)C(C)N2CCN(S(=O)(=O)c3cc(C)sc3C)CC2)on1. The molecule has 0 aromatic carbocycles.